The van der Waals surface area contributed by atoms with Crippen molar-refractivity contribution in [3.63, 3.8) is 0 Å². The van der Waals surface area contributed by atoms with Gasteiger partial charge in [0.2, 0.25) is 0 Å². The molecule has 2 rings (SSSR count). The van der Waals surface area contributed by atoms with Gasteiger partial charge in [0.05, 0.1) is 0 Å². The third kappa shape index (κ3) is 3.44. The largest absolute Gasteiger partial charge is 0.480 e. The second kappa shape index (κ2) is 5.26. The molecule has 0 aromatic carbocycles. The molecule has 20 heavy (non-hydrogen) atoms. The molecule has 2 amide bonds. The monoisotopic (exact) mass is 282 g/mol. The van der Waals surface area contributed by atoms with Crippen LogP contribution in [0, 0.1) is 11.3 Å². The first-order valence-electron chi connectivity index (χ1n) is 7.55. The van der Waals surface area contributed by atoms with Crippen LogP contribution in [0.5, 0.6) is 0 Å². The lowest BCUT2D eigenvalue weighted by atomic mass is 9.75. The summed E-state index contributed by atoms with van der Waals surface area (Å²) in [5.41, 5.74) is -0.768. The summed E-state index contributed by atoms with van der Waals surface area (Å²) in [5, 5.41) is 14.9. The van der Waals surface area contributed by atoms with E-state index in [0.29, 0.717) is 5.41 Å². The minimum Gasteiger partial charge on any atom is -0.480 e. The normalized spacial score (nSPS) is 25.6. The number of hydrogen-bond acceptors (Lipinski definition) is 2. The number of carbonyl (C=O) groups excluding carboxylic acids is 1. The summed E-state index contributed by atoms with van der Waals surface area (Å²) in [6.07, 6.45) is 5.87. The molecule has 114 valence electrons. The molecule has 0 spiro atoms. The minimum atomic E-state index is -1.13. The van der Waals surface area contributed by atoms with Crippen LogP contribution in [-0.4, -0.2) is 28.7 Å². The molecule has 0 saturated heterocycles. The van der Waals surface area contributed by atoms with Crippen LogP contribution in [0.15, 0.2) is 0 Å². The number of hydrogen-bond donors (Lipinski definition) is 3. The SMILES string of the molecule is CC1(C)CCC(NC(=O)NC(C)(C(=O)O)C2CC2)CC1. The number of urea groups is 1. The van der Waals surface area contributed by atoms with Gasteiger partial charge in [0.1, 0.15) is 5.54 Å². The van der Waals surface area contributed by atoms with Crippen LogP contribution in [0.2, 0.25) is 0 Å². The second-order valence-electron chi connectivity index (χ2n) is 7.32. The van der Waals surface area contributed by atoms with Gasteiger partial charge >= 0.3 is 12.0 Å². The summed E-state index contributed by atoms with van der Waals surface area (Å²) < 4.78 is 0. The molecule has 1 unspecified atom stereocenters. The Bertz CT molecular complexity index is 394. The highest BCUT2D eigenvalue weighted by molar-refractivity contribution is 5.86. The Kier molecular flexibility index (Phi) is 3.98. The van der Waals surface area contributed by atoms with Gasteiger partial charge in [0, 0.05) is 6.04 Å². The highest BCUT2D eigenvalue weighted by Crippen LogP contribution is 2.40. The Balaban J connectivity index is 1.85. The summed E-state index contributed by atoms with van der Waals surface area (Å²) in [4.78, 5) is 23.4. The van der Waals surface area contributed by atoms with E-state index >= 15 is 0 Å². The first kappa shape index (κ1) is 15.1. The van der Waals surface area contributed by atoms with Gasteiger partial charge in [-0.25, -0.2) is 9.59 Å². The molecule has 2 fully saturated rings. The molecule has 0 aliphatic heterocycles. The lowest BCUT2D eigenvalue weighted by Gasteiger charge is -2.35. The van der Waals surface area contributed by atoms with Gasteiger partial charge in [-0.2, -0.15) is 0 Å². The molecule has 5 heteroatoms. The fourth-order valence-electron chi connectivity index (χ4n) is 2.99. The number of aliphatic carboxylic acids is 1. The first-order chi connectivity index (χ1) is 9.23. The smallest absolute Gasteiger partial charge is 0.329 e. The van der Waals surface area contributed by atoms with Crippen LogP contribution in [0.1, 0.15) is 59.3 Å². The van der Waals surface area contributed by atoms with Crippen LogP contribution in [0.3, 0.4) is 0 Å². The quantitative estimate of drug-likeness (QED) is 0.741. The Morgan fingerprint density at radius 3 is 2.15 bits per heavy atom. The Hall–Kier alpha value is -1.26. The third-order valence-corrected chi connectivity index (χ3v) is 4.89. The molecule has 2 aliphatic rings. The minimum absolute atomic E-state index is 0.0658. The van der Waals surface area contributed by atoms with E-state index in [2.05, 4.69) is 24.5 Å². The zero-order valence-corrected chi connectivity index (χ0v) is 12.7. The lowest BCUT2D eigenvalue weighted by molar-refractivity contribution is -0.144. The van der Waals surface area contributed by atoms with Crippen molar-refractivity contribution in [2.45, 2.75) is 70.9 Å². The van der Waals surface area contributed by atoms with Crippen LogP contribution in [0.4, 0.5) is 4.79 Å². The fourth-order valence-corrected chi connectivity index (χ4v) is 2.99. The lowest BCUT2D eigenvalue weighted by Crippen LogP contribution is -2.58. The predicted octanol–water partition coefficient (Wildman–Crippen LogP) is 2.51. The topological polar surface area (TPSA) is 78.4 Å². The average Bonchev–Trinajstić information content (AvgIpc) is 3.15. The van der Waals surface area contributed by atoms with Crippen molar-refractivity contribution in [2.75, 3.05) is 0 Å². The van der Waals surface area contributed by atoms with E-state index in [1.807, 2.05) is 0 Å². The molecule has 2 aliphatic carbocycles. The zero-order chi connectivity index (χ0) is 15.0. The fraction of sp³-hybridized carbons (Fsp3) is 0.867. The van der Waals surface area contributed by atoms with E-state index in [4.69, 9.17) is 0 Å². The number of amides is 2. The van der Waals surface area contributed by atoms with Gasteiger partial charge in [0.25, 0.3) is 0 Å². The van der Waals surface area contributed by atoms with Crippen LogP contribution in [0.25, 0.3) is 0 Å². The van der Waals surface area contributed by atoms with Gasteiger partial charge < -0.3 is 15.7 Å². The number of carboxylic acid groups (broad SMARTS) is 1. The molecule has 2 saturated carbocycles. The maximum Gasteiger partial charge on any atom is 0.329 e. The van der Waals surface area contributed by atoms with Crippen molar-refractivity contribution in [2.24, 2.45) is 11.3 Å². The van der Waals surface area contributed by atoms with E-state index in [1.165, 1.54) is 0 Å². The number of carboxylic acids is 1. The summed E-state index contributed by atoms with van der Waals surface area (Å²) in [5.74, 6) is -0.879. The molecule has 0 bridgehead atoms. The van der Waals surface area contributed by atoms with Crippen molar-refractivity contribution in [3.05, 3.63) is 0 Å². The van der Waals surface area contributed by atoms with Crippen molar-refractivity contribution in [1.82, 2.24) is 10.6 Å². The Morgan fingerprint density at radius 2 is 1.70 bits per heavy atom. The van der Waals surface area contributed by atoms with Crippen LogP contribution < -0.4 is 10.6 Å². The second-order valence-corrected chi connectivity index (χ2v) is 7.32. The van der Waals surface area contributed by atoms with Crippen molar-refractivity contribution in [1.29, 1.82) is 0 Å². The number of nitrogens with one attached hydrogen (secondary N) is 2. The molecule has 0 radical (unpaired) electrons. The Morgan fingerprint density at radius 1 is 1.15 bits per heavy atom. The standard InChI is InChI=1S/C15H26N2O3/c1-14(2)8-6-11(7-9-14)16-13(20)17-15(3,12(18)19)10-4-5-10/h10-11H,4-9H2,1-3H3,(H,18,19)(H2,16,17,20). The maximum atomic E-state index is 12.0. The van der Waals surface area contributed by atoms with Crippen LogP contribution in [-0.2, 0) is 4.79 Å². The molecular weight excluding hydrogens is 256 g/mol. The summed E-state index contributed by atoms with van der Waals surface area (Å²) >= 11 is 0. The average molecular weight is 282 g/mol. The molecular formula is C15H26N2O3. The van der Waals surface area contributed by atoms with E-state index in [-0.39, 0.29) is 18.0 Å². The highest BCUT2D eigenvalue weighted by Gasteiger charge is 2.48. The number of carbonyl (C=O) groups is 2. The summed E-state index contributed by atoms with van der Waals surface area (Å²) in [6.45, 7) is 6.10. The predicted molar refractivity (Wildman–Crippen MR) is 76.5 cm³/mol. The molecule has 0 heterocycles. The molecule has 1 atom stereocenters. The molecule has 5 nitrogen and oxygen atoms in total. The van der Waals surface area contributed by atoms with E-state index in [9.17, 15) is 14.7 Å². The van der Waals surface area contributed by atoms with Gasteiger partial charge in [-0.05, 0) is 56.8 Å². The van der Waals surface area contributed by atoms with Gasteiger partial charge in [0.15, 0.2) is 0 Å². The maximum absolute atomic E-state index is 12.0. The van der Waals surface area contributed by atoms with Gasteiger partial charge in [-0.15, -0.1) is 0 Å². The Labute approximate surface area is 120 Å². The van der Waals surface area contributed by atoms with E-state index in [1.54, 1.807) is 6.92 Å². The zero-order valence-electron chi connectivity index (χ0n) is 12.7. The molecule has 3 N–H and O–H groups in total. The molecule has 0 aromatic heterocycles. The first-order valence-corrected chi connectivity index (χ1v) is 7.55. The number of rotatable bonds is 4. The van der Waals surface area contributed by atoms with Crippen molar-refractivity contribution in [3.8, 4) is 0 Å². The van der Waals surface area contributed by atoms with Crippen molar-refractivity contribution >= 4 is 12.0 Å². The summed E-state index contributed by atoms with van der Waals surface area (Å²) in [7, 11) is 0. The van der Waals surface area contributed by atoms with E-state index < -0.39 is 11.5 Å². The van der Waals surface area contributed by atoms with Gasteiger partial charge in [-0.3, -0.25) is 0 Å². The van der Waals surface area contributed by atoms with Crippen LogP contribution >= 0.6 is 0 Å². The third-order valence-electron chi connectivity index (χ3n) is 4.89. The molecule has 0 aromatic rings. The van der Waals surface area contributed by atoms with E-state index in [0.717, 1.165) is 38.5 Å². The van der Waals surface area contributed by atoms with Crippen molar-refractivity contribution < 1.29 is 14.7 Å². The summed E-state index contributed by atoms with van der Waals surface area (Å²) in [6, 6.07) is -0.174. The van der Waals surface area contributed by atoms with Gasteiger partial charge in [-0.1, -0.05) is 13.8 Å². The highest BCUT2D eigenvalue weighted by atomic mass is 16.4.